The molecule has 3 amide bonds. The second-order valence-corrected chi connectivity index (χ2v) is 6.69. The first-order valence-electron chi connectivity index (χ1n) is 9.31. The van der Waals surface area contributed by atoms with Gasteiger partial charge in [0.1, 0.15) is 13.2 Å². The Hall–Kier alpha value is -3.88. The number of amides is 3. The quantitative estimate of drug-likeness (QED) is 0.397. The third kappa shape index (κ3) is 5.81. The number of carbonyl (C=O) groups excluding carboxylic acids is 3. The van der Waals surface area contributed by atoms with Gasteiger partial charge in [0.15, 0.2) is 11.5 Å². The molecule has 3 rings (SSSR count). The lowest BCUT2D eigenvalue weighted by molar-refractivity contribution is -0.136. The highest BCUT2D eigenvalue weighted by atomic mass is 16.6. The molecule has 0 atom stereocenters. The van der Waals surface area contributed by atoms with E-state index < -0.39 is 11.8 Å². The summed E-state index contributed by atoms with van der Waals surface area (Å²) < 4.78 is 10.9. The highest BCUT2D eigenvalue weighted by Gasteiger charge is 2.15. The standard InChI is InChI=1S/C21H22N4O5/c1-13-4-3-5-15(10-13)23-20(27)21(28)25-24-14(2)11-19(26)22-16-6-7-17-18(12-16)30-9-8-29-17/h3-7,10,12H,8-9,11H2,1-2H3,(H,22,26)(H,23,27)(H,25,28)/b24-14-. The van der Waals surface area contributed by atoms with E-state index in [1.165, 1.54) is 0 Å². The van der Waals surface area contributed by atoms with Gasteiger partial charge < -0.3 is 20.1 Å². The number of hydrogen-bond donors (Lipinski definition) is 3. The van der Waals surface area contributed by atoms with Crippen molar-refractivity contribution in [2.75, 3.05) is 23.8 Å². The molecule has 0 saturated carbocycles. The zero-order chi connectivity index (χ0) is 21.5. The molecule has 0 spiro atoms. The van der Waals surface area contributed by atoms with E-state index in [1.54, 1.807) is 43.3 Å². The van der Waals surface area contributed by atoms with Crippen LogP contribution in [-0.2, 0) is 14.4 Å². The number of aryl methyl sites for hydroxylation is 1. The number of hydrogen-bond acceptors (Lipinski definition) is 6. The smallest absolute Gasteiger partial charge is 0.329 e. The van der Waals surface area contributed by atoms with Gasteiger partial charge in [-0.05, 0) is 43.7 Å². The summed E-state index contributed by atoms with van der Waals surface area (Å²) in [7, 11) is 0. The number of nitrogens with one attached hydrogen (secondary N) is 3. The molecule has 0 fully saturated rings. The van der Waals surface area contributed by atoms with E-state index in [-0.39, 0.29) is 12.3 Å². The normalized spacial score (nSPS) is 12.7. The Morgan fingerprint density at radius 1 is 0.933 bits per heavy atom. The summed E-state index contributed by atoms with van der Waals surface area (Å²) >= 11 is 0. The predicted molar refractivity (Wildman–Crippen MR) is 112 cm³/mol. The molecular formula is C21H22N4O5. The summed E-state index contributed by atoms with van der Waals surface area (Å²) in [6, 6.07) is 12.2. The molecule has 0 unspecified atom stereocenters. The Labute approximate surface area is 173 Å². The van der Waals surface area contributed by atoms with Crippen molar-refractivity contribution < 1.29 is 23.9 Å². The Morgan fingerprint density at radius 2 is 1.67 bits per heavy atom. The lowest BCUT2D eigenvalue weighted by Crippen LogP contribution is -2.33. The summed E-state index contributed by atoms with van der Waals surface area (Å²) in [5, 5.41) is 9.01. The largest absolute Gasteiger partial charge is 0.486 e. The Kier molecular flexibility index (Phi) is 6.63. The SMILES string of the molecule is C/C(CC(=O)Nc1ccc2c(c1)OCCO2)=N/NC(=O)C(=O)Nc1cccc(C)c1. The summed E-state index contributed by atoms with van der Waals surface area (Å²) in [4.78, 5) is 36.0. The van der Waals surface area contributed by atoms with Crippen molar-refractivity contribution in [1.82, 2.24) is 5.43 Å². The Balaban J connectivity index is 1.48. The van der Waals surface area contributed by atoms with Crippen LogP contribution in [-0.4, -0.2) is 36.6 Å². The molecule has 0 aromatic heterocycles. The van der Waals surface area contributed by atoms with Crippen LogP contribution in [0.1, 0.15) is 18.9 Å². The van der Waals surface area contributed by atoms with Crippen LogP contribution in [0.25, 0.3) is 0 Å². The molecular weight excluding hydrogens is 388 g/mol. The third-order valence-corrected chi connectivity index (χ3v) is 4.07. The molecule has 2 aromatic rings. The molecule has 0 saturated heterocycles. The van der Waals surface area contributed by atoms with Gasteiger partial charge >= 0.3 is 11.8 Å². The van der Waals surface area contributed by atoms with E-state index in [4.69, 9.17) is 9.47 Å². The molecule has 1 aliphatic heterocycles. The number of carbonyl (C=O) groups is 3. The highest BCUT2D eigenvalue weighted by Crippen LogP contribution is 2.32. The molecule has 156 valence electrons. The van der Waals surface area contributed by atoms with Crippen LogP contribution in [0.2, 0.25) is 0 Å². The molecule has 1 heterocycles. The van der Waals surface area contributed by atoms with Crippen LogP contribution in [0, 0.1) is 6.92 Å². The summed E-state index contributed by atoms with van der Waals surface area (Å²) in [6.07, 6.45) is -0.0613. The van der Waals surface area contributed by atoms with Gasteiger partial charge in [-0.25, -0.2) is 5.43 Å². The number of ether oxygens (including phenoxy) is 2. The molecule has 2 aromatic carbocycles. The van der Waals surface area contributed by atoms with E-state index in [1.807, 2.05) is 13.0 Å². The lowest BCUT2D eigenvalue weighted by atomic mass is 10.2. The van der Waals surface area contributed by atoms with E-state index in [0.717, 1.165) is 5.56 Å². The van der Waals surface area contributed by atoms with Crippen LogP contribution in [0.4, 0.5) is 11.4 Å². The number of anilines is 2. The average molecular weight is 410 g/mol. The minimum atomic E-state index is -0.928. The van der Waals surface area contributed by atoms with Gasteiger partial charge in [-0.3, -0.25) is 14.4 Å². The van der Waals surface area contributed by atoms with Gasteiger partial charge in [0.2, 0.25) is 5.91 Å². The Bertz CT molecular complexity index is 1000. The monoisotopic (exact) mass is 410 g/mol. The van der Waals surface area contributed by atoms with E-state index in [2.05, 4.69) is 21.2 Å². The van der Waals surface area contributed by atoms with Crippen LogP contribution in [0.3, 0.4) is 0 Å². The molecule has 0 aliphatic carbocycles. The second kappa shape index (κ2) is 9.55. The molecule has 1 aliphatic rings. The molecule has 0 radical (unpaired) electrons. The predicted octanol–water partition coefficient (Wildman–Crippen LogP) is 2.23. The first-order valence-corrected chi connectivity index (χ1v) is 9.31. The van der Waals surface area contributed by atoms with Crippen molar-refractivity contribution in [3.05, 3.63) is 48.0 Å². The molecule has 9 nitrogen and oxygen atoms in total. The van der Waals surface area contributed by atoms with Gasteiger partial charge in [0, 0.05) is 23.2 Å². The van der Waals surface area contributed by atoms with E-state index in [9.17, 15) is 14.4 Å². The first-order chi connectivity index (χ1) is 14.4. The number of fused-ring (bicyclic) bond motifs is 1. The number of hydrazone groups is 1. The maximum absolute atomic E-state index is 12.2. The van der Waals surface area contributed by atoms with Gasteiger partial charge in [0.05, 0.1) is 6.42 Å². The van der Waals surface area contributed by atoms with Crippen molar-refractivity contribution in [3.8, 4) is 11.5 Å². The fourth-order valence-electron chi connectivity index (χ4n) is 2.71. The van der Waals surface area contributed by atoms with Crippen LogP contribution >= 0.6 is 0 Å². The minimum absolute atomic E-state index is 0.0613. The average Bonchev–Trinajstić information content (AvgIpc) is 2.71. The number of benzene rings is 2. The first kappa shape index (κ1) is 20.8. The van der Waals surface area contributed by atoms with E-state index in [0.29, 0.717) is 41.8 Å². The topological polar surface area (TPSA) is 118 Å². The van der Waals surface area contributed by atoms with Gasteiger partial charge in [-0.2, -0.15) is 5.10 Å². The van der Waals surface area contributed by atoms with Crippen molar-refractivity contribution in [1.29, 1.82) is 0 Å². The molecule has 9 heteroatoms. The number of nitrogens with zero attached hydrogens (tertiary/aromatic N) is 1. The van der Waals surface area contributed by atoms with E-state index >= 15 is 0 Å². The van der Waals surface area contributed by atoms with Crippen molar-refractivity contribution in [2.45, 2.75) is 20.3 Å². The van der Waals surface area contributed by atoms with Gasteiger partial charge in [0.25, 0.3) is 0 Å². The Morgan fingerprint density at radius 3 is 2.43 bits per heavy atom. The highest BCUT2D eigenvalue weighted by molar-refractivity contribution is 6.39. The van der Waals surface area contributed by atoms with Crippen LogP contribution in [0.5, 0.6) is 11.5 Å². The van der Waals surface area contributed by atoms with Crippen molar-refractivity contribution >= 4 is 34.8 Å². The fourth-order valence-corrected chi connectivity index (χ4v) is 2.71. The van der Waals surface area contributed by atoms with Gasteiger partial charge in [-0.15, -0.1) is 0 Å². The molecule has 0 bridgehead atoms. The maximum Gasteiger partial charge on any atom is 0.329 e. The zero-order valence-electron chi connectivity index (χ0n) is 16.7. The van der Waals surface area contributed by atoms with Crippen molar-refractivity contribution in [2.24, 2.45) is 5.10 Å². The lowest BCUT2D eigenvalue weighted by Gasteiger charge is -2.19. The maximum atomic E-state index is 12.2. The van der Waals surface area contributed by atoms with Crippen LogP contribution < -0.4 is 25.5 Å². The fraction of sp³-hybridized carbons (Fsp3) is 0.238. The third-order valence-electron chi connectivity index (χ3n) is 4.07. The summed E-state index contributed by atoms with van der Waals surface area (Å²) in [5.74, 6) is -0.910. The van der Waals surface area contributed by atoms with Crippen molar-refractivity contribution in [3.63, 3.8) is 0 Å². The zero-order valence-corrected chi connectivity index (χ0v) is 16.7. The second-order valence-electron chi connectivity index (χ2n) is 6.69. The summed E-state index contributed by atoms with van der Waals surface area (Å²) in [5.41, 5.74) is 4.50. The van der Waals surface area contributed by atoms with Gasteiger partial charge in [-0.1, -0.05) is 12.1 Å². The summed E-state index contributed by atoms with van der Waals surface area (Å²) in [6.45, 7) is 4.39. The molecule has 30 heavy (non-hydrogen) atoms. The minimum Gasteiger partial charge on any atom is -0.486 e. The van der Waals surface area contributed by atoms with Crippen LogP contribution in [0.15, 0.2) is 47.6 Å². The number of rotatable bonds is 5. The molecule has 3 N–H and O–H groups in total.